The summed E-state index contributed by atoms with van der Waals surface area (Å²) in [6.45, 7) is 16.0. The number of ether oxygens (including phenoxy) is 2. The molecule has 0 aromatic carbocycles. The third-order valence-electron chi connectivity index (χ3n) is 7.41. The number of carboxylic acid groups (broad SMARTS) is 2. The molecule has 0 amide bonds. The zero-order chi connectivity index (χ0) is 34.2. The number of aromatic carboxylic acids is 2. The number of pyridine rings is 2. The SMILES string of the molecule is CSSC(C)(C)CN1CCN(CCOc2cc(CO)nc(CO)c2)CC1.O=C(O)c1cc(OCCN2CCNCC2)cc(C(=O)O)n1. The maximum absolute atomic E-state index is 10.9. The fourth-order valence-electron chi connectivity index (χ4n) is 5.15. The summed E-state index contributed by atoms with van der Waals surface area (Å²) >= 11 is 0. The maximum Gasteiger partial charge on any atom is 0.354 e. The van der Waals surface area contributed by atoms with Crippen LogP contribution >= 0.6 is 21.6 Å². The van der Waals surface area contributed by atoms with Gasteiger partial charge in [0.05, 0.1) is 24.6 Å². The lowest BCUT2D eigenvalue weighted by molar-refractivity contribution is 0.0683. The molecule has 0 aliphatic carbocycles. The summed E-state index contributed by atoms with van der Waals surface area (Å²) in [7, 11) is 3.79. The minimum atomic E-state index is -1.29. The van der Waals surface area contributed by atoms with Crippen molar-refractivity contribution in [3.63, 3.8) is 0 Å². The molecule has 0 radical (unpaired) electrons. The second-order valence-electron chi connectivity index (χ2n) is 11.7. The summed E-state index contributed by atoms with van der Waals surface area (Å²) in [5, 5.41) is 39.5. The van der Waals surface area contributed by atoms with E-state index in [2.05, 4.69) is 50.1 Å². The third kappa shape index (κ3) is 14.1. The quantitative estimate of drug-likeness (QED) is 0.160. The molecule has 0 spiro atoms. The number of nitrogens with one attached hydrogen (secondary N) is 1. The van der Waals surface area contributed by atoms with Gasteiger partial charge < -0.3 is 35.2 Å². The average Bonchev–Trinajstić information content (AvgIpc) is 3.05. The molecule has 2 aromatic rings. The lowest BCUT2D eigenvalue weighted by Gasteiger charge is -2.38. The molecule has 16 heteroatoms. The number of aliphatic hydroxyl groups is 2. The molecule has 0 bridgehead atoms. The molecule has 4 rings (SSSR count). The Morgan fingerprint density at radius 3 is 1.72 bits per heavy atom. The lowest BCUT2D eigenvalue weighted by atomic mass is 10.1. The van der Waals surface area contributed by atoms with E-state index >= 15 is 0 Å². The van der Waals surface area contributed by atoms with Gasteiger partial charge in [0.1, 0.15) is 24.7 Å². The highest BCUT2D eigenvalue weighted by Crippen LogP contribution is 2.34. The molecule has 0 saturated carbocycles. The molecular weight excluding hydrogens is 649 g/mol. The van der Waals surface area contributed by atoms with Gasteiger partial charge in [-0.2, -0.15) is 0 Å². The van der Waals surface area contributed by atoms with Crippen molar-refractivity contribution in [1.29, 1.82) is 0 Å². The van der Waals surface area contributed by atoms with Crippen molar-refractivity contribution in [3.05, 3.63) is 47.0 Å². The Labute approximate surface area is 284 Å². The number of aromatic nitrogens is 2. The number of carbonyl (C=O) groups is 2. The summed E-state index contributed by atoms with van der Waals surface area (Å²) in [4.78, 5) is 36.7. The predicted octanol–water partition coefficient (Wildman–Crippen LogP) is 1.61. The van der Waals surface area contributed by atoms with Crippen LogP contribution in [0.4, 0.5) is 0 Å². The minimum absolute atomic E-state index is 0.155. The highest BCUT2D eigenvalue weighted by Gasteiger charge is 2.25. The van der Waals surface area contributed by atoms with E-state index in [1.54, 1.807) is 12.1 Å². The normalized spacial score (nSPS) is 16.3. The molecular formula is C31H48N6O8S2. The molecule has 14 nitrogen and oxygen atoms in total. The average molecular weight is 697 g/mol. The highest BCUT2D eigenvalue weighted by atomic mass is 33.1. The van der Waals surface area contributed by atoms with Crippen LogP contribution in [0.2, 0.25) is 0 Å². The Bertz CT molecular complexity index is 1220. The van der Waals surface area contributed by atoms with Crippen LogP contribution in [-0.4, -0.2) is 153 Å². The molecule has 0 unspecified atom stereocenters. The molecule has 0 atom stereocenters. The van der Waals surface area contributed by atoms with E-state index in [0.717, 1.165) is 65.4 Å². The molecule has 4 heterocycles. The Morgan fingerprint density at radius 1 is 0.787 bits per heavy atom. The second kappa shape index (κ2) is 20.0. The van der Waals surface area contributed by atoms with Crippen LogP contribution in [0.3, 0.4) is 0 Å². The second-order valence-corrected chi connectivity index (χ2v) is 14.8. The summed E-state index contributed by atoms with van der Waals surface area (Å²) < 4.78 is 11.5. The Kier molecular flexibility index (Phi) is 16.5. The molecule has 2 aromatic heterocycles. The molecule has 2 aliphatic heterocycles. The number of aliphatic hydroxyl groups excluding tert-OH is 2. The Hall–Kier alpha value is -2.70. The first-order valence-electron chi connectivity index (χ1n) is 15.6. The zero-order valence-corrected chi connectivity index (χ0v) is 29.0. The molecule has 5 N–H and O–H groups in total. The van der Waals surface area contributed by atoms with Crippen LogP contribution in [0.15, 0.2) is 24.3 Å². The zero-order valence-electron chi connectivity index (χ0n) is 27.4. The van der Waals surface area contributed by atoms with Crippen LogP contribution in [0.1, 0.15) is 46.2 Å². The fraction of sp³-hybridized carbons (Fsp3) is 0.613. The lowest BCUT2D eigenvalue weighted by Crippen LogP contribution is -2.50. The number of rotatable bonds is 16. The molecule has 2 aliphatic rings. The summed E-state index contributed by atoms with van der Waals surface area (Å²) in [5.74, 6) is -1.72. The van der Waals surface area contributed by atoms with Crippen molar-refractivity contribution < 1.29 is 39.5 Å². The summed E-state index contributed by atoms with van der Waals surface area (Å²) in [6.07, 6.45) is 2.14. The van der Waals surface area contributed by atoms with Gasteiger partial charge in [0.25, 0.3) is 0 Å². The standard InChI is InChI=1S/C18H31N3O3S2.C13H17N3O5/c1-18(2,26-25-3)14-21-6-4-20(5-7-21)8-9-24-17-10-15(12-22)19-16(11-17)13-23;17-12(18)10-7-9(8-11(15-10)13(19)20)21-6-5-16-3-1-14-2-4-16/h10-11,22-23H,4-9,12-14H2,1-3H3;7-8,14H,1-6H2,(H,17,18)(H,19,20). The van der Waals surface area contributed by atoms with Gasteiger partial charge in [-0.3, -0.25) is 19.7 Å². The molecule has 2 fully saturated rings. The van der Waals surface area contributed by atoms with Gasteiger partial charge in [-0.25, -0.2) is 14.6 Å². The smallest absolute Gasteiger partial charge is 0.354 e. The van der Waals surface area contributed by atoms with Gasteiger partial charge in [0.2, 0.25) is 0 Å². The first-order chi connectivity index (χ1) is 22.5. The topological polar surface area (TPSA) is 181 Å². The van der Waals surface area contributed by atoms with Crippen LogP contribution in [0.25, 0.3) is 0 Å². The number of hydrogen-bond acceptors (Lipinski definition) is 14. The third-order valence-corrected chi connectivity index (χ3v) is 10.0. The summed E-state index contributed by atoms with van der Waals surface area (Å²) in [5.41, 5.74) is 0.357. The van der Waals surface area contributed by atoms with Gasteiger partial charge in [-0.1, -0.05) is 21.6 Å². The largest absolute Gasteiger partial charge is 0.492 e. The van der Waals surface area contributed by atoms with E-state index in [1.165, 1.54) is 12.1 Å². The monoisotopic (exact) mass is 696 g/mol. The van der Waals surface area contributed by atoms with E-state index in [9.17, 15) is 19.8 Å². The minimum Gasteiger partial charge on any atom is -0.492 e. The van der Waals surface area contributed by atoms with Crippen molar-refractivity contribution in [2.45, 2.75) is 31.8 Å². The van der Waals surface area contributed by atoms with Gasteiger partial charge >= 0.3 is 11.9 Å². The van der Waals surface area contributed by atoms with Crippen LogP contribution in [-0.2, 0) is 13.2 Å². The van der Waals surface area contributed by atoms with E-state index in [1.807, 2.05) is 21.6 Å². The van der Waals surface area contributed by atoms with Crippen molar-refractivity contribution in [2.75, 3.05) is 91.5 Å². The number of hydrogen-bond donors (Lipinski definition) is 5. The highest BCUT2D eigenvalue weighted by molar-refractivity contribution is 8.77. The van der Waals surface area contributed by atoms with E-state index in [0.29, 0.717) is 36.9 Å². The van der Waals surface area contributed by atoms with E-state index < -0.39 is 11.9 Å². The van der Waals surface area contributed by atoms with Crippen LogP contribution < -0.4 is 14.8 Å². The number of carboxylic acids is 2. The van der Waals surface area contributed by atoms with Crippen LogP contribution in [0, 0.1) is 0 Å². The van der Waals surface area contributed by atoms with E-state index in [-0.39, 0.29) is 35.1 Å². The predicted molar refractivity (Wildman–Crippen MR) is 183 cm³/mol. The molecule has 262 valence electrons. The van der Waals surface area contributed by atoms with Gasteiger partial charge in [0.15, 0.2) is 11.4 Å². The maximum atomic E-state index is 10.9. The Balaban J connectivity index is 0.000000261. The van der Waals surface area contributed by atoms with Crippen molar-refractivity contribution in [2.24, 2.45) is 0 Å². The van der Waals surface area contributed by atoms with Crippen molar-refractivity contribution >= 4 is 33.5 Å². The van der Waals surface area contributed by atoms with E-state index in [4.69, 9.17) is 19.7 Å². The van der Waals surface area contributed by atoms with Crippen molar-refractivity contribution in [3.8, 4) is 11.5 Å². The van der Waals surface area contributed by atoms with Crippen molar-refractivity contribution in [1.82, 2.24) is 30.0 Å². The number of piperazine rings is 2. The number of nitrogens with zero attached hydrogens (tertiary/aromatic N) is 5. The first kappa shape index (κ1) is 38.7. The summed E-state index contributed by atoms with van der Waals surface area (Å²) in [6, 6.07) is 5.91. The van der Waals surface area contributed by atoms with Gasteiger partial charge in [-0.05, 0) is 20.1 Å². The Morgan fingerprint density at radius 2 is 1.26 bits per heavy atom. The van der Waals surface area contributed by atoms with Gasteiger partial charge in [-0.15, -0.1) is 0 Å². The first-order valence-corrected chi connectivity index (χ1v) is 18.1. The molecule has 47 heavy (non-hydrogen) atoms. The molecule has 2 saturated heterocycles. The van der Waals surface area contributed by atoms with Gasteiger partial charge in [0, 0.05) is 101 Å². The fourth-order valence-corrected chi connectivity index (χ4v) is 7.35. The van der Waals surface area contributed by atoms with Crippen LogP contribution in [0.5, 0.6) is 11.5 Å².